The summed E-state index contributed by atoms with van der Waals surface area (Å²) in [6.07, 6.45) is 0.949. The van der Waals surface area contributed by atoms with E-state index in [1.54, 1.807) is 0 Å². The number of rotatable bonds is 6. The molecule has 0 radical (unpaired) electrons. The predicted octanol–water partition coefficient (Wildman–Crippen LogP) is 1.85. The Morgan fingerprint density at radius 1 is 1.50 bits per heavy atom. The van der Waals surface area contributed by atoms with E-state index < -0.39 is 10.0 Å². The summed E-state index contributed by atoms with van der Waals surface area (Å²) < 4.78 is 27.5. The van der Waals surface area contributed by atoms with Gasteiger partial charge in [0.25, 0.3) is 0 Å². The second-order valence-corrected chi connectivity index (χ2v) is 7.51. The average Bonchev–Trinajstić information content (AvgIpc) is 2.82. The van der Waals surface area contributed by atoms with E-state index >= 15 is 0 Å². The van der Waals surface area contributed by atoms with Crippen LogP contribution in [0.3, 0.4) is 0 Å². The Labute approximate surface area is 113 Å². The molecule has 2 N–H and O–H groups in total. The Bertz CT molecular complexity index is 522. The molecule has 102 valence electrons. The Morgan fingerprint density at radius 2 is 2.17 bits per heavy atom. The van der Waals surface area contributed by atoms with Gasteiger partial charge >= 0.3 is 0 Å². The molecule has 1 aliphatic carbocycles. The molecule has 1 aliphatic rings. The molecule has 0 spiro atoms. The first-order valence-corrected chi connectivity index (χ1v) is 8.62. The highest BCUT2D eigenvalue weighted by atomic mass is 32.2. The summed E-state index contributed by atoms with van der Waals surface area (Å²) in [6.45, 7) is 7.39. The molecule has 6 heteroatoms. The Balaban J connectivity index is 2.22. The molecule has 1 saturated carbocycles. The Kier molecular flexibility index (Phi) is 4.11. The molecule has 1 aromatic rings. The number of hydrogen-bond donors (Lipinski definition) is 2. The summed E-state index contributed by atoms with van der Waals surface area (Å²) in [5.41, 5.74) is 0.841. The number of sulfonamides is 1. The predicted molar refractivity (Wildman–Crippen MR) is 74.3 cm³/mol. The van der Waals surface area contributed by atoms with Crippen molar-refractivity contribution in [2.45, 2.75) is 44.7 Å². The molecule has 1 fully saturated rings. The maximum atomic E-state index is 12.4. The highest BCUT2D eigenvalue weighted by molar-refractivity contribution is 7.89. The van der Waals surface area contributed by atoms with Gasteiger partial charge in [-0.15, -0.1) is 11.3 Å². The van der Waals surface area contributed by atoms with E-state index in [1.165, 1.54) is 11.3 Å². The number of nitrogens with one attached hydrogen (secondary N) is 2. The fraction of sp³-hybridized carbons (Fsp3) is 0.667. The average molecular weight is 288 g/mol. The lowest BCUT2D eigenvalue weighted by Crippen LogP contribution is -2.28. The van der Waals surface area contributed by atoms with Crippen molar-refractivity contribution in [3.63, 3.8) is 0 Å². The molecule has 0 amide bonds. The minimum atomic E-state index is -3.36. The Morgan fingerprint density at radius 3 is 2.72 bits per heavy atom. The van der Waals surface area contributed by atoms with Gasteiger partial charge in [0.05, 0.1) is 0 Å². The largest absolute Gasteiger partial charge is 0.312 e. The number of aryl methyl sites for hydroxylation is 1. The van der Waals surface area contributed by atoms with Gasteiger partial charge in [0, 0.05) is 17.5 Å². The summed E-state index contributed by atoms with van der Waals surface area (Å²) in [5, 5.41) is 5.10. The van der Waals surface area contributed by atoms with Crippen LogP contribution >= 0.6 is 11.3 Å². The smallest absolute Gasteiger partial charge is 0.242 e. The first-order chi connectivity index (χ1) is 8.45. The van der Waals surface area contributed by atoms with Gasteiger partial charge in [0.2, 0.25) is 10.0 Å². The van der Waals surface area contributed by atoms with Crippen molar-refractivity contribution in [1.29, 1.82) is 0 Å². The normalized spacial score (nSPS) is 23.3. The van der Waals surface area contributed by atoms with E-state index in [0.29, 0.717) is 17.4 Å². The van der Waals surface area contributed by atoms with Crippen molar-refractivity contribution < 1.29 is 8.42 Å². The fourth-order valence-corrected chi connectivity index (χ4v) is 5.09. The van der Waals surface area contributed by atoms with E-state index in [2.05, 4.69) is 17.0 Å². The molecule has 2 unspecified atom stereocenters. The zero-order valence-corrected chi connectivity index (χ0v) is 12.6. The lowest BCUT2D eigenvalue weighted by atomic mass is 10.3. The fourth-order valence-electron chi connectivity index (χ4n) is 1.95. The molecule has 0 saturated heterocycles. The minimum Gasteiger partial charge on any atom is -0.312 e. The molecular weight excluding hydrogens is 268 g/mol. The monoisotopic (exact) mass is 288 g/mol. The molecule has 18 heavy (non-hydrogen) atoms. The Hall–Kier alpha value is -0.430. The molecular formula is C12H20N2O2S2. The quantitative estimate of drug-likeness (QED) is 0.840. The molecule has 1 aromatic heterocycles. The van der Waals surface area contributed by atoms with Crippen LogP contribution in [0.4, 0.5) is 0 Å². The van der Waals surface area contributed by atoms with Gasteiger partial charge in [-0.05, 0) is 36.8 Å². The molecule has 0 aliphatic heterocycles. The van der Waals surface area contributed by atoms with Crippen LogP contribution in [0, 0.1) is 12.8 Å². The van der Waals surface area contributed by atoms with Crippen LogP contribution in [0.1, 0.15) is 30.7 Å². The van der Waals surface area contributed by atoms with Crippen molar-refractivity contribution in [3.05, 3.63) is 15.8 Å². The second kappa shape index (κ2) is 5.28. The summed E-state index contributed by atoms with van der Waals surface area (Å²) in [6, 6.07) is 0.126. The summed E-state index contributed by atoms with van der Waals surface area (Å²) in [4.78, 5) is 1.38. The number of thiophene rings is 1. The van der Waals surface area contributed by atoms with Crippen molar-refractivity contribution >= 4 is 21.4 Å². The maximum absolute atomic E-state index is 12.4. The minimum absolute atomic E-state index is 0.126. The molecule has 2 rings (SSSR count). The van der Waals surface area contributed by atoms with Crippen molar-refractivity contribution in [2.75, 3.05) is 6.54 Å². The molecule has 0 bridgehead atoms. The van der Waals surface area contributed by atoms with Crippen LogP contribution in [0.5, 0.6) is 0 Å². The van der Waals surface area contributed by atoms with E-state index in [1.807, 2.05) is 19.2 Å². The van der Waals surface area contributed by atoms with Gasteiger partial charge in [0.1, 0.15) is 4.90 Å². The zero-order valence-electron chi connectivity index (χ0n) is 11.0. The van der Waals surface area contributed by atoms with E-state index in [4.69, 9.17) is 0 Å². The van der Waals surface area contributed by atoms with Crippen molar-refractivity contribution in [3.8, 4) is 0 Å². The standard InChI is InChI=1S/C12H20N2O2S2/c1-4-13-6-11-12(9(3)7-17-11)18(15,16)14-10-5-8(10)2/h7-8,10,13-14H,4-6H2,1-3H3. The molecule has 2 atom stereocenters. The lowest BCUT2D eigenvalue weighted by Gasteiger charge is -2.09. The molecule has 0 aromatic carbocycles. The third-order valence-corrected chi connectivity index (χ3v) is 6.16. The third-order valence-electron chi connectivity index (χ3n) is 3.21. The van der Waals surface area contributed by atoms with Crippen LogP contribution < -0.4 is 10.0 Å². The van der Waals surface area contributed by atoms with Gasteiger partial charge < -0.3 is 5.32 Å². The first-order valence-electron chi connectivity index (χ1n) is 6.25. The third kappa shape index (κ3) is 2.93. The molecule has 4 nitrogen and oxygen atoms in total. The van der Waals surface area contributed by atoms with Crippen LogP contribution in [0.15, 0.2) is 10.3 Å². The van der Waals surface area contributed by atoms with Crippen LogP contribution in [-0.4, -0.2) is 21.0 Å². The van der Waals surface area contributed by atoms with Gasteiger partial charge in [0.15, 0.2) is 0 Å². The SMILES string of the molecule is CCNCc1scc(C)c1S(=O)(=O)NC1CC1C. The van der Waals surface area contributed by atoms with E-state index in [-0.39, 0.29) is 6.04 Å². The lowest BCUT2D eigenvalue weighted by molar-refractivity contribution is 0.576. The first kappa shape index (κ1) is 14.0. The summed E-state index contributed by atoms with van der Waals surface area (Å²) in [7, 11) is -3.36. The topological polar surface area (TPSA) is 58.2 Å². The van der Waals surface area contributed by atoms with Crippen molar-refractivity contribution in [1.82, 2.24) is 10.0 Å². The second-order valence-electron chi connectivity index (χ2n) is 4.89. The van der Waals surface area contributed by atoms with Crippen LogP contribution in [0.2, 0.25) is 0 Å². The van der Waals surface area contributed by atoms with Crippen molar-refractivity contribution in [2.24, 2.45) is 5.92 Å². The maximum Gasteiger partial charge on any atom is 0.242 e. The van der Waals surface area contributed by atoms with Gasteiger partial charge in [-0.1, -0.05) is 13.8 Å². The number of hydrogen-bond acceptors (Lipinski definition) is 4. The van der Waals surface area contributed by atoms with Crippen LogP contribution in [-0.2, 0) is 16.6 Å². The van der Waals surface area contributed by atoms with Gasteiger partial charge in [-0.3, -0.25) is 0 Å². The van der Waals surface area contributed by atoms with Gasteiger partial charge in [-0.25, -0.2) is 13.1 Å². The summed E-state index contributed by atoms with van der Waals surface area (Å²) in [5.74, 6) is 0.468. The molecule has 1 heterocycles. The van der Waals surface area contributed by atoms with E-state index in [0.717, 1.165) is 23.4 Å². The zero-order chi connectivity index (χ0) is 13.3. The van der Waals surface area contributed by atoms with E-state index in [9.17, 15) is 8.42 Å². The highest BCUT2D eigenvalue weighted by Gasteiger charge is 2.37. The summed E-state index contributed by atoms with van der Waals surface area (Å²) >= 11 is 1.51. The highest BCUT2D eigenvalue weighted by Crippen LogP contribution is 2.33. The van der Waals surface area contributed by atoms with Gasteiger partial charge in [-0.2, -0.15) is 0 Å². The van der Waals surface area contributed by atoms with Crippen LogP contribution in [0.25, 0.3) is 0 Å².